The van der Waals surface area contributed by atoms with E-state index in [1.807, 2.05) is 0 Å². The van der Waals surface area contributed by atoms with Crippen molar-refractivity contribution in [1.29, 1.82) is 0 Å². The van der Waals surface area contributed by atoms with Crippen molar-refractivity contribution in [2.75, 3.05) is 26.4 Å². The molecule has 1 heterocycles. The maximum Gasteiger partial charge on any atom is 0.411 e. The van der Waals surface area contributed by atoms with Crippen molar-refractivity contribution < 1.29 is 14.3 Å². The molecule has 0 saturated carbocycles. The van der Waals surface area contributed by atoms with Crippen molar-refractivity contribution in [3.63, 3.8) is 0 Å². The molecule has 0 aromatic carbocycles. The number of hydrogen-bond donors (Lipinski definition) is 0. The van der Waals surface area contributed by atoms with Crippen LogP contribution in [-0.4, -0.2) is 42.9 Å². The summed E-state index contributed by atoms with van der Waals surface area (Å²) < 4.78 is 10.2. The second-order valence-corrected chi connectivity index (χ2v) is 3.34. The van der Waals surface area contributed by atoms with Gasteiger partial charge in [-0.2, -0.15) is 0 Å². The summed E-state index contributed by atoms with van der Waals surface area (Å²) in [5.74, 6) is 2.53. The summed E-state index contributed by atoms with van der Waals surface area (Å²) in [4.78, 5) is 13.2. The molecule has 1 fully saturated rings. The van der Waals surface area contributed by atoms with Crippen LogP contribution in [-0.2, 0) is 9.47 Å². The van der Waals surface area contributed by atoms with Crippen LogP contribution in [0.25, 0.3) is 0 Å². The molecule has 0 radical (unpaired) electrons. The lowest BCUT2D eigenvalue weighted by atomic mass is 9.99. The van der Waals surface area contributed by atoms with Gasteiger partial charge in [0.1, 0.15) is 12.1 Å². The van der Waals surface area contributed by atoms with Crippen molar-refractivity contribution in [3.8, 4) is 12.3 Å². The molecule has 0 bridgehead atoms. The highest BCUT2D eigenvalue weighted by atomic mass is 16.6. The smallest absolute Gasteiger partial charge is 0.411 e. The minimum atomic E-state index is -0.906. The molecule has 0 aromatic heterocycles. The number of carbonyl (C=O) groups excluding carboxylic acids is 1. The van der Waals surface area contributed by atoms with Gasteiger partial charge in [0.25, 0.3) is 0 Å². The molecule has 4 nitrogen and oxygen atoms in total. The van der Waals surface area contributed by atoms with Crippen molar-refractivity contribution in [2.24, 2.45) is 0 Å². The number of carbonyl (C=O) groups is 1. The van der Waals surface area contributed by atoms with Crippen LogP contribution in [0.3, 0.4) is 0 Å². The van der Waals surface area contributed by atoms with Crippen molar-refractivity contribution in [2.45, 2.75) is 5.54 Å². The molecule has 1 atom stereocenters. The van der Waals surface area contributed by atoms with E-state index < -0.39 is 11.6 Å². The average Bonchev–Trinajstić information content (AvgIpc) is 2.35. The quantitative estimate of drug-likeness (QED) is 0.531. The first kappa shape index (κ1) is 12.3. The maximum atomic E-state index is 11.7. The molecular weight excluding hydrogens is 206 g/mol. The normalized spacial score (nSPS) is 24.3. The van der Waals surface area contributed by atoms with Crippen molar-refractivity contribution >= 4 is 6.09 Å². The van der Waals surface area contributed by atoms with Crippen LogP contribution < -0.4 is 0 Å². The zero-order chi connectivity index (χ0) is 12.0. The molecule has 1 unspecified atom stereocenters. The SMILES string of the molecule is C#CC1(C=C)COCCN1C(=O)OCC=C. The summed E-state index contributed by atoms with van der Waals surface area (Å²) in [6.45, 7) is 8.37. The van der Waals surface area contributed by atoms with Gasteiger partial charge in [0.05, 0.1) is 13.2 Å². The Morgan fingerprint density at radius 1 is 1.69 bits per heavy atom. The summed E-state index contributed by atoms with van der Waals surface area (Å²) in [6, 6.07) is 0. The molecule has 1 aliphatic rings. The summed E-state index contributed by atoms with van der Waals surface area (Å²) in [5, 5.41) is 0. The second-order valence-electron chi connectivity index (χ2n) is 3.34. The van der Waals surface area contributed by atoms with Crippen LogP contribution >= 0.6 is 0 Å². The third-order valence-corrected chi connectivity index (χ3v) is 2.40. The Labute approximate surface area is 95.5 Å². The molecule has 0 spiro atoms. The van der Waals surface area contributed by atoms with Gasteiger partial charge in [0.15, 0.2) is 0 Å². The molecule has 1 aliphatic heterocycles. The Balaban J connectivity index is 2.82. The number of amides is 1. The Bertz CT molecular complexity index is 332. The van der Waals surface area contributed by atoms with Crippen LogP contribution in [0.4, 0.5) is 4.79 Å². The number of ether oxygens (including phenoxy) is 2. The fourth-order valence-corrected chi connectivity index (χ4v) is 1.47. The second kappa shape index (κ2) is 5.38. The van der Waals surface area contributed by atoms with Gasteiger partial charge in [0, 0.05) is 6.54 Å². The Morgan fingerprint density at radius 2 is 2.44 bits per heavy atom. The van der Waals surface area contributed by atoms with Gasteiger partial charge in [-0.25, -0.2) is 4.79 Å². The topological polar surface area (TPSA) is 38.8 Å². The van der Waals surface area contributed by atoms with Crippen LogP contribution in [0.15, 0.2) is 25.3 Å². The van der Waals surface area contributed by atoms with Crippen LogP contribution in [0.5, 0.6) is 0 Å². The molecule has 1 saturated heterocycles. The maximum absolute atomic E-state index is 11.7. The molecule has 1 rings (SSSR count). The van der Waals surface area contributed by atoms with Gasteiger partial charge < -0.3 is 9.47 Å². The lowest BCUT2D eigenvalue weighted by molar-refractivity contribution is -0.0164. The first-order valence-corrected chi connectivity index (χ1v) is 4.94. The van der Waals surface area contributed by atoms with Gasteiger partial charge in [0.2, 0.25) is 0 Å². The molecule has 86 valence electrons. The lowest BCUT2D eigenvalue weighted by Gasteiger charge is -2.40. The largest absolute Gasteiger partial charge is 0.445 e. The standard InChI is InChI=1S/C12H15NO3/c1-4-8-16-11(14)13-7-9-15-10-12(13,5-2)6-3/h2,4,6H,1,3,7-10H2. The van der Waals surface area contributed by atoms with Crippen LogP contribution in [0, 0.1) is 12.3 Å². The van der Waals surface area contributed by atoms with Crippen molar-refractivity contribution in [1.82, 2.24) is 4.90 Å². The Hall–Kier alpha value is -1.73. The number of hydrogen-bond acceptors (Lipinski definition) is 3. The first-order chi connectivity index (χ1) is 7.70. The van der Waals surface area contributed by atoms with Gasteiger partial charge in [-0.15, -0.1) is 6.42 Å². The van der Waals surface area contributed by atoms with Gasteiger partial charge >= 0.3 is 6.09 Å². The summed E-state index contributed by atoms with van der Waals surface area (Å²) in [6.07, 6.45) is 8.00. The fraction of sp³-hybridized carbons (Fsp3) is 0.417. The van der Waals surface area contributed by atoms with E-state index in [0.717, 1.165) is 0 Å². The highest BCUT2D eigenvalue weighted by Gasteiger charge is 2.39. The van der Waals surface area contributed by atoms with E-state index in [1.54, 1.807) is 0 Å². The molecule has 0 aliphatic carbocycles. The zero-order valence-electron chi connectivity index (χ0n) is 9.15. The summed E-state index contributed by atoms with van der Waals surface area (Å²) in [5.41, 5.74) is -0.906. The molecule has 0 aromatic rings. The van der Waals surface area contributed by atoms with E-state index in [-0.39, 0.29) is 13.2 Å². The number of rotatable bonds is 3. The van der Waals surface area contributed by atoms with Crippen molar-refractivity contribution in [3.05, 3.63) is 25.3 Å². The lowest BCUT2D eigenvalue weighted by Crippen LogP contribution is -2.57. The predicted molar refractivity (Wildman–Crippen MR) is 60.8 cm³/mol. The third kappa shape index (κ3) is 2.26. The third-order valence-electron chi connectivity index (χ3n) is 2.40. The van der Waals surface area contributed by atoms with E-state index in [2.05, 4.69) is 19.1 Å². The summed E-state index contributed by atoms with van der Waals surface area (Å²) >= 11 is 0. The van der Waals surface area contributed by atoms with Crippen LogP contribution in [0.1, 0.15) is 0 Å². The molecule has 16 heavy (non-hydrogen) atoms. The minimum Gasteiger partial charge on any atom is -0.445 e. The van der Waals surface area contributed by atoms with Gasteiger partial charge in [-0.05, 0) is 0 Å². The van der Waals surface area contributed by atoms with E-state index in [0.29, 0.717) is 13.2 Å². The van der Waals surface area contributed by atoms with E-state index >= 15 is 0 Å². The molecule has 0 N–H and O–H groups in total. The van der Waals surface area contributed by atoms with Gasteiger partial charge in [-0.1, -0.05) is 31.2 Å². The monoisotopic (exact) mass is 221 g/mol. The first-order valence-electron chi connectivity index (χ1n) is 4.94. The van der Waals surface area contributed by atoms with E-state index in [4.69, 9.17) is 15.9 Å². The predicted octanol–water partition coefficient (Wildman–Crippen LogP) is 1.20. The molecular formula is C12H15NO3. The van der Waals surface area contributed by atoms with E-state index in [1.165, 1.54) is 17.1 Å². The zero-order valence-corrected chi connectivity index (χ0v) is 9.15. The van der Waals surface area contributed by atoms with Crippen LogP contribution in [0.2, 0.25) is 0 Å². The molecule has 4 heteroatoms. The summed E-state index contributed by atoms with van der Waals surface area (Å²) in [7, 11) is 0. The fourth-order valence-electron chi connectivity index (χ4n) is 1.47. The van der Waals surface area contributed by atoms with E-state index in [9.17, 15) is 4.79 Å². The average molecular weight is 221 g/mol. The highest BCUT2D eigenvalue weighted by Crippen LogP contribution is 2.21. The Kier molecular flexibility index (Phi) is 4.15. The number of morpholine rings is 1. The minimum absolute atomic E-state index is 0.161. The number of terminal acetylenes is 1. The Morgan fingerprint density at radius 3 is 3.00 bits per heavy atom. The van der Waals surface area contributed by atoms with Gasteiger partial charge in [-0.3, -0.25) is 4.90 Å². The molecule has 1 amide bonds. The highest BCUT2D eigenvalue weighted by molar-refractivity contribution is 5.70. The number of nitrogens with zero attached hydrogens (tertiary/aromatic N) is 1.